The van der Waals surface area contributed by atoms with Gasteiger partial charge in [0.15, 0.2) is 0 Å². The molecule has 0 saturated carbocycles. The van der Waals surface area contributed by atoms with E-state index in [0.29, 0.717) is 23.3 Å². The number of halogens is 1. The van der Waals surface area contributed by atoms with Crippen molar-refractivity contribution in [2.24, 2.45) is 0 Å². The van der Waals surface area contributed by atoms with E-state index in [4.69, 9.17) is 16.0 Å². The van der Waals surface area contributed by atoms with Crippen molar-refractivity contribution in [2.75, 3.05) is 6.54 Å². The average molecular weight is 314 g/mol. The van der Waals surface area contributed by atoms with E-state index in [0.717, 1.165) is 18.5 Å². The summed E-state index contributed by atoms with van der Waals surface area (Å²) in [7, 11) is 0. The molecule has 1 heterocycles. The molecule has 0 aliphatic rings. The van der Waals surface area contributed by atoms with Gasteiger partial charge < -0.3 is 9.73 Å². The Morgan fingerprint density at radius 1 is 1.00 bits per heavy atom. The first-order valence-corrected chi connectivity index (χ1v) is 7.52. The minimum Gasteiger partial charge on any atom is -0.419 e. The number of nitrogens with zero attached hydrogens (tertiary/aromatic N) is 2. The first kappa shape index (κ1) is 14.8. The molecule has 1 aromatic heterocycles. The van der Waals surface area contributed by atoms with E-state index in [1.165, 1.54) is 5.56 Å². The van der Waals surface area contributed by atoms with Crippen LogP contribution in [0.2, 0.25) is 5.02 Å². The number of nitrogens with one attached hydrogen (secondary N) is 1. The molecule has 0 radical (unpaired) electrons. The van der Waals surface area contributed by atoms with Gasteiger partial charge in [-0.1, -0.05) is 48.0 Å². The summed E-state index contributed by atoms with van der Waals surface area (Å²) < 4.78 is 5.63. The molecule has 3 rings (SSSR count). The second-order valence-corrected chi connectivity index (χ2v) is 5.36. The van der Waals surface area contributed by atoms with Crippen LogP contribution in [0.25, 0.3) is 11.5 Å². The lowest BCUT2D eigenvalue weighted by Gasteiger charge is -2.02. The maximum atomic E-state index is 5.96. The highest BCUT2D eigenvalue weighted by molar-refractivity contribution is 6.30. The van der Waals surface area contributed by atoms with Crippen molar-refractivity contribution >= 4 is 11.6 Å². The normalized spacial score (nSPS) is 10.8. The molecule has 0 atom stereocenters. The molecule has 112 valence electrons. The summed E-state index contributed by atoms with van der Waals surface area (Å²) in [5.41, 5.74) is 2.13. The molecular weight excluding hydrogens is 298 g/mol. The molecule has 0 fully saturated rings. The third-order valence-corrected chi connectivity index (χ3v) is 3.48. The summed E-state index contributed by atoms with van der Waals surface area (Å²) in [5, 5.41) is 12.0. The summed E-state index contributed by atoms with van der Waals surface area (Å²) >= 11 is 5.96. The number of hydrogen-bond acceptors (Lipinski definition) is 4. The van der Waals surface area contributed by atoms with Crippen LogP contribution in [0.3, 0.4) is 0 Å². The summed E-state index contributed by atoms with van der Waals surface area (Å²) in [6.07, 6.45) is 0.968. The highest BCUT2D eigenvalue weighted by atomic mass is 35.5. The smallest absolute Gasteiger partial charge is 0.247 e. The average Bonchev–Trinajstić information content (AvgIpc) is 3.02. The van der Waals surface area contributed by atoms with Gasteiger partial charge in [-0.15, -0.1) is 10.2 Å². The van der Waals surface area contributed by atoms with Gasteiger partial charge in [0.25, 0.3) is 0 Å². The van der Waals surface area contributed by atoms with Crippen LogP contribution in [0.1, 0.15) is 11.5 Å². The van der Waals surface area contributed by atoms with Crippen molar-refractivity contribution in [3.8, 4) is 11.5 Å². The predicted octanol–water partition coefficient (Wildman–Crippen LogP) is 3.72. The lowest BCUT2D eigenvalue weighted by atomic mass is 10.1. The Morgan fingerprint density at radius 3 is 2.68 bits per heavy atom. The third-order valence-electron chi connectivity index (χ3n) is 3.25. The molecule has 2 aromatic carbocycles. The summed E-state index contributed by atoms with van der Waals surface area (Å²) in [4.78, 5) is 0. The fraction of sp³-hybridized carbons (Fsp3) is 0.176. The lowest BCUT2D eigenvalue weighted by Crippen LogP contribution is -2.16. The van der Waals surface area contributed by atoms with Crippen LogP contribution in [-0.2, 0) is 13.0 Å². The van der Waals surface area contributed by atoms with Gasteiger partial charge in [-0.3, -0.25) is 0 Å². The van der Waals surface area contributed by atoms with Crippen molar-refractivity contribution in [3.05, 3.63) is 71.1 Å². The molecule has 5 heteroatoms. The molecule has 0 amide bonds. The van der Waals surface area contributed by atoms with Crippen molar-refractivity contribution < 1.29 is 4.42 Å². The van der Waals surface area contributed by atoms with E-state index < -0.39 is 0 Å². The van der Waals surface area contributed by atoms with Crippen molar-refractivity contribution in [3.63, 3.8) is 0 Å². The summed E-state index contributed by atoms with van der Waals surface area (Å²) in [6.45, 7) is 1.42. The maximum absolute atomic E-state index is 5.96. The zero-order chi connectivity index (χ0) is 15.2. The Hall–Kier alpha value is -2.17. The SMILES string of the molecule is Clc1cccc(-c2nnc(CNCCc3ccccc3)o2)c1. The zero-order valence-corrected chi connectivity index (χ0v) is 12.8. The molecule has 0 spiro atoms. The molecule has 0 bridgehead atoms. The van der Waals surface area contributed by atoms with Crippen molar-refractivity contribution in [1.29, 1.82) is 0 Å². The molecular formula is C17H16ClN3O. The first-order valence-electron chi connectivity index (χ1n) is 7.14. The number of hydrogen-bond donors (Lipinski definition) is 1. The minimum atomic E-state index is 0.488. The summed E-state index contributed by atoms with van der Waals surface area (Å²) in [6, 6.07) is 17.7. The Bertz CT molecular complexity index is 728. The highest BCUT2D eigenvalue weighted by Gasteiger charge is 2.08. The summed E-state index contributed by atoms with van der Waals surface area (Å²) in [5.74, 6) is 1.06. The molecule has 4 nitrogen and oxygen atoms in total. The van der Waals surface area contributed by atoms with Gasteiger partial charge in [-0.25, -0.2) is 0 Å². The number of rotatable bonds is 6. The molecule has 0 saturated heterocycles. The van der Waals surface area contributed by atoms with Gasteiger partial charge >= 0.3 is 0 Å². The topological polar surface area (TPSA) is 51.0 Å². The van der Waals surface area contributed by atoms with E-state index in [1.54, 1.807) is 0 Å². The van der Waals surface area contributed by atoms with Crippen LogP contribution in [0, 0.1) is 0 Å². The van der Waals surface area contributed by atoms with Crippen LogP contribution < -0.4 is 5.32 Å². The van der Waals surface area contributed by atoms with Crippen LogP contribution in [0.15, 0.2) is 59.0 Å². The van der Waals surface area contributed by atoms with Crippen molar-refractivity contribution in [1.82, 2.24) is 15.5 Å². The first-order chi connectivity index (χ1) is 10.8. The molecule has 0 unspecified atom stereocenters. The van der Waals surface area contributed by atoms with Crippen LogP contribution in [0.4, 0.5) is 0 Å². The number of aromatic nitrogens is 2. The molecule has 22 heavy (non-hydrogen) atoms. The Morgan fingerprint density at radius 2 is 1.86 bits per heavy atom. The highest BCUT2D eigenvalue weighted by Crippen LogP contribution is 2.21. The van der Waals surface area contributed by atoms with Crippen molar-refractivity contribution in [2.45, 2.75) is 13.0 Å². The van der Waals surface area contributed by atoms with Crippen LogP contribution in [0.5, 0.6) is 0 Å². The van der Waals surface area contributed by atoms with E-state index in [-0.39, 0.29) is 0 Å². The fourth-order valence-corrected chi connectivity index (χ4v) is 2.33. The van der Waals surface area contributed by atoms with Gasteiger partial charge in [0.1, 0.15) is 0 Å². The Balaban J connectivity index is 1.52. The number of benzene rings is 2. The van der Waals surface area contributed by atoms with Gasteiger partial charge in [0, 0.05) is 10.6 Å². The molecule has 1 N–H and O–H groups in total. The van der Waals surface area contributed by atoms with Gasteiger partial charge in [-0.2, -0.15) is 0 Å². The maximum Gasteiger partial charge on any atom is 0.247 e. The molecule has 0 aliphatic carbocycles. The lowest BCUT2D eigenvalue weighted by molar-refractivity contribution is 0.478. The van der Waals surface area contributed by atoms with Crippen LogP contribution >= 0.6 is 11.6 Å². The fourth-order valence-electron chi connectivity index (χ4n) is 2.14. The quantitative estimate of drug-likeness (QED) is 0.705. The van der Waals surface area contributed by atoms with Gasteiger partial charge in [0.05, 0.1) is 6.54 Å². The minimum absolute atomic E-state index is 0.488. The van der Waals surface area contributed by atoms with Gasteiger partial charge in [-0.05, 0) is 36.7 Å². The largest absolute Gasteiger partial charge is 0.419 e. The van der Waals surface area contributed by atoms with E-state index in [2.05, 4.69) is 27.6 Å². The van der Waals surface area contributed by atoms with Gasteiger partial charge in [0.2, 0.25) is 11.8 Å². The second-order valence-electron chi connectivity index (χ2n) is 4.92. The van der Waals surface area contributed by atoms with E-state index in [1.807, 2.05) is 42.5 Å². The molecule has 0 aliphatic heterocycles. The third kappa shape index (κ3) is 3.93. The van der Waals surface area contributed by atoms with E-state index in [9.17, 15) is 0 Å². The predicted molar refractivity (Wildman–Crippen MR) is 86.6 cm³/mol. The van der Waals surface area contributed by atoms with E-state index >= 15 is 0 Å². The second kappa shape index (κ2) is 7.20. The zero-order valence-electron chi connectivity index (χ0n) is 12.0. The Labute approximate surface area is 134 Å². The Kier molecular flexibility index (Phi) is 4.83. The molecule has 3 aromatic rings. The standard InChI is InChI=1S/C17H16ClN3O/c18-15-8-4-7-14(11-15)17-21-20-16(22-17)12-19-10-9-13-5-2-1-3-6-13/h1-8,11,19H,9-10,12H2. The van der Waals surface area contributed by atoms with Crippen LogP contribution in [-0.4, -0.2) is 16.7 Å². The monoisotopic (exact) mass is 313 g/mol.